The van der Waals surface area contributed by atoms with E-state index in [4.69, 9.17) is 4.42 Å². The van der Waals surface area contributed by atoms with Crippen molar-refractivity contribution in [3.05, 3.63) is 182 Å². The van der Waals surface area contributed by atoms with Crippen LogP contribution in [0.15, 0.2) is 187 Å². The van der Waals surface area contributed by atoms with Crippen LogP contribution >= 0.6 is 0 Å². The summed E-state index contributed by atoms with van der Waals surface area (Å²) in [5, 5.41) is 7.98. The molecule has 2 heterocycles. The van der Waals surface area contributed by atoms with Crippen molar-refractivity contribution in [2.24, 2.45) is 0 Å². The van der Waals surface area contributed by atoms with E-state index in [0.29, 0.717) is 0 Å². The number of hydrogen-bond donors (Lipinski definition) is 0. The molecule has 0 N–H and O–H groups in total. The summed E-state index contributed by atoms with van der Waals surface area (Å²) in [6, 6.07) is 62.9. The van der Waals surface area contributed by atoms with Gasteiger partial charge in [-0.3, -0.25) is 4.98 Å². The lowest BCUT2D eigenvalue weighted by molar-refractivity contribution is 0.669. The number of nitrogens with zero attached hydrogens (tertiary/aromatic N) is 2. The molecular formula is C47H30N2O. The quantitative estimate of drug-likeness (QED) is 0.188. The van der Waals surface area contributed by atoms with E-state index < -0.39 is 0 Å². The lowest BCUT2D eigenvalue weighted by Crippen LogP contribution is -2.09. The Kier molecular flexibility index (Phi) is 6.49. The molecule has 3 nitrogen and oxygen atoms in total. The maximum Gasteiger partial charge on any atom is 0.136 e. The summed E-state index contributed by atoms with van der Waals surface area (Å²) in [5.74, 6) is 0. The Morgan fingerprint density at radius 1 is 0.360 bits per heavy atom. The van der Waals surface area contributed by atoms with Gasteiger partial charge in [0.05, 0.1) is 5.52 Å². The number of fused-ring (bicyclic) bond motifs is 6. The van der Waals surface area contributed by atoms with Crippen molar-refractivity contribution in [3.8, 4) is 22.3 Å². The topological polar surface area (TPSA) is 29.3 Å². The van der Waals surface area contributed by atoms with Crippen LogP contribution in [-0.2, 0) is 0 Å². The average molecular weight is 639 g/mol. The summed E-state index contributed by atoms with van der Waals surface area (Å²) in [5.41, 5.74) is 10.8. The Labute approximate surface area is 289 Å². The van der Waals surface area contributed by atoms with E-state index in [0.717, 1.165) is 49.9 Å². The van der Waals surface area contributed by atoms with Gasteiger partial charge in [0.25, 0.3) is 0 Å². The van der Waals surface area contributed by atoms with Crippen LogP contribution in [0.5, 0.6) is 0 Å². The summed E-state index contributed by atoms with van der Waals surface area (Å²) in [4.78, 5) is 6.98. The molecule has 0 atom stereocenters. The van der Waals surface area contributed by atoms with Gasteiger partial charge in [0.1, 0.15) is 11.2 Å². The predicted molar refractivity (Wildman–Crippen MR) is 210 cm³/mol. The van der Waals surface area contributed by atoms with E-state index >= 15 is 0 Å². The van der Waals surface area contributed by atoms with E-state index in [1.54, 1.807) is 0 Å². The minimum Gasteiger partial charge on any atom is -0.456 e. The van der Waals surface area contributed by atoms with E-state index in [1.807, 2.05) is 12.3 Å². The maximum absolute atomic E-state index is 6.37. The molecule has 0 fully saturated rings. The summed E-state index contributed by atoms with van der Waals surface area (Å²) < 4.78 is 6.37. The SMILES string of the molecule is c1ccc(-c2ccc3cc(N(c4ccc5cc(-c6ccccc6)ccc5c4)c4ccc5oc6cc7cccnc7cc6c5c4)ccc3c2)cc1. The highest BCUT2D eigenvalue weighted by Crippen LogP contribution is 2.41. The Morgan fingerprint density at radius 3 is 1.54 bits per heavy atom. The van der Waals surface area contributed by atoms with Gasteiger partial charge in [0.2, 0.25) is 0 Å². The first-order chi connectivity index (χ1) is 24.7. The first kappa shape index (κ1) is 28.3. The van der Waals surface area contributed by atoms with Crippen molar-refractivity contribution in [1.29, 1.82) is 0 Å². The minimum atomic E-state index is 0.859. The Hall–Kier alpha value is -6.71. The fraction of sp³-hybridized carbons (Fsp3) is 0. The first-order valence-electron chi connectivity index (χ1n) is 16.9. The zero-order valence-electron chi connectivity index (χ0n) is 27.1. The van der Waals surface area contributed by atoms with E-state index in [9.17, 15) is 0 Å². The van der Waals surface area contributed by atoms with Gasteiger partial charge in [-0.1, -0.05) is 103 Å². The highest BCUT2D eigenvalue weighted by atomic mass is 16.3. The first-order valence-corrected chi connectivity index (χ1v) is 16.9. The molecule has 0 aliphatic rings. The van der Waals surface area contributed by atoms with Crippen LogP contribution in [0.1, 0.15) is 0 Å². The van der Waals surface area contributed by atoms with Gasteiger partial charge in [0.15, 0.2) is 0 Å². The van der Waals surface area contributed by atoms with Crippen LogP contribution in [0, 0.1) is 0 Å². The van der Waals surface area contributed by atoms with Gasteiger partial charge >= 0.3 is 0 Å². The molecule has 10 rings (SSSR count). The van der Waals surface area contributed by atoms with Gasteiger partial charge in [-0.25, -0.2) is 0 Å². The van der Waals surface area contributed by atoms with Crippen molar-refractivity contribution in [3.63, 3.8) is 0 Å². The molecule has 8 aromatic carbocycles. The second-order valence-corrected chi connectivity index (χ2v) is 12.9. The van der Waals surface area contributed by atoms with Crippen LogP contribution < -0.4 is 4.90 Å². The molecule has 0 saturated heterocycles. The van der Waals surface area contributed by atoms with Gasteiger partial charge in [-0.15, -0.1) is 0 Å². The van der Waals surface area contributed by atoms with Crippen LogP contribution in [0.2, 0.25) is 0 Å². The molecule has 234 valence electrons. The van der Waals surface area contributed by atoms with Crippen molar-refractivity contribution < 1.29 is 4.42 Å². The number of pyridine rings is 1. The van der Waals surface area contributed by atoms with Gasteiger partial charge in [-0.05, 0) is 117 Å². The molecule has 0 bridgehead atoms. The zero-order valence-corrected chi connectivity index (χ0v) is 27.1. The van der Waals surface area contributed by atoms with E-state index in [-0.39, 0.29) is 0 Å². The third-order valence-corrected chi connectivity index (χ3v) is 9.81. The molecule has 10 aromatic rings. The summed E-state index contributed by atoms with van der Waals surface area (Å²) in [6.07, 6.45) is 1.84. The third kappa shape index (κ3) is 4.87. The summed E-state index contributed by atoms with van der Waals surface area (Å²) in [6.45, 7) is 0. The summed E-state index contributed by atoms with van der Waals surface area (Å²) in [7, 11) is 0. The van der Waals surface area contributed by atoms with Crippen LogP contribution in [-0.4, -0.2) is 4.98 Å². The number of anilines is 3. The second kappa shape index (κ2) is 11.5. The van der Waals surface area contributed by atoms with Gasteiger partial charge < -0.3 is 9.32 Å². The maximum atomic E-state index is 6.37. The number of benzene rings is 8. The molecule has 0 spiro atoms. The fourth-order valence-corrected chi connectivity index (χ4v) is 7.28. The normalized spacial score (nSPS) is 11.6. The second-order valence-electron chi connectivity index (χ2n) is 12.9. The molecular weight excluding hydrogens is 609 g/mol. The van der Waals surface area contributed by atoms with Crippen molar-refractivity contribution >= 4 is 71.4 Å². The van der Waals surface area contributed by atoms with E-state index in [2.05, 4.69) is 180 Å². The Morgan fingerprint density at radius 2 is 0.900 bits per heavy atom. The Bertz CT molecular complexity index is 2750. The van der Waals surface area contributed by atoms with Crippen molar-refractivity contribution in [1.82, 2.24) is 4.98 Å². The molecule has 0 aliphatic heterocycles. The van der Waals surface area contributed by atoms with E-state index in [1.165, 1.54) is 43.8 Å². The molecule has 0 aliphatic carbocycles. The molecule has 3 heteroatoms. The monoisotopic (exact) mass is 638 g/mol. The van der Waals surface area contributed by atoms with Crippen LogP contribution in [0.25, 0.3) is 76.6 Å². The molecule has 0 unspecified atom stereocenters. The Balaban J connectivity index is 1.14. The van der Waals surface area contributed by atoms with Crippen LogP contribution in [0.4, 0.5) is 17.1 Å². The van der Waals surface area contributed by atoms with Crippen molar-refractivity contribution in [2.45, 2.75) is 0 Å². The number of hydrogen-bond acceptors (Lipinski definition) is 3. The number of furan rings is 1. The molecule has 2 aromatic heterocycles. The zero-order chi connectivity index (χ0) is 33.0. The molecule has 0 radical (unpaired) electrons. The number of rotatable bonds is 5. The predicted octanol–water partition coefficient (Wildman–Crippen LogP) is 13.2. The molecule has 0 saturated carbocycles. The highest BCUT2D eigenvalue weighted by Gasteiger charge is 2.17. The lowest BCUT2D eigenvalue weighted by Gasteiger charge is -2.26. The molecule has 0 amide bonds. The van der Waals surface area contributed by atoms with Crippen LogP contribution in [0.3, 0.4) is 0 Å². The van der Waals surface area contributed by atoms with Gasteiger partial charge in [0, 0.05) is 39.4 Å². The highest BCUT2D eigenvalue weighted by molar-refractivity contribution is 6.10. The van der Waals surface area contributed by atoms with Gasteiger partial charge in [-0.2, -0.15) is 0 Å². The van der Waals surface area contributed by atoms with Crippen molar-refractivity contribution in [2.75, 3.05) is 4.90 Å². The average Bonchev–Trinajstić information content (AvgIpc) is 3.54. The minimum absolute atomic E-state index is 0.859. The largest absolute Gasteiger partial charge is 0.456 e. The molecule has 50 heavy (non-hydrogen) atoms. The lowest BCUT2D eigenvalue weighted by atomic mass is 9.99. The fourth-order valence-electron chi connectivity index (χ4n) is 7.28. The number of aromatic nitrogens is 1. The third-order valence-electron chi connectivity index (χ3n) is 9.81. The smallest absolute Gasteiger partial charge is 0.136 e. The standard InChI is InChI=1S/C47H30N2O/c1-3-8-31(9-4-1)33-13-15-37-26-40(19-17-35(37)24-33)49(41-20-18-36-25-34(14-16-38(36)27-41)32-10-5-2-6-11-32)42-21-22-46-43(29-42)44-30-45-39(12-7-23-48-45)28-47(44)50-46/h1-30H. The summed E-state index contributed by atoms with van der Waals surface area (Å²) >= 11 is 0.